The standard InChI is InChI=1S/C11H13BrClN3O/c1-16-3-2-8(6-16)15-11(17)9-4-7(12)5-14-10(9)13/h4-5,8H,2-3,6H2,1H3,(H,15,17). The van der Waals surface area contributed by atoms with E-state index in [1.54, 1.807) is 12.3 Å². The monoisotopic (exact) mass is 317 g/mol. The fourth-order valence-corrected chi connectivity index (χ4v) is 2.42. The first kappa shape index (κ1) is 12.8. The Balaban J connectivity index is 2.06. The number of carbonyl (C=O) groups is 1. The SMILES string of the molecule is CN1CCC(NC(=O)c2cc(Br)cnc2Cl)C1. The number of rotatable bonds is 2. The Labute approximate surface area is 113 Å². The lowest BCUT2D eigenvalue weighted by Crippen LogP contribution is -2.36. The van der Waals surface area contributed by atoms with Crippen molar-refractivity contribution >= 4 is 33.4 Å². The van der Waals surface area contributed by atoms with E-state index >= 15 is 0 Å². The van der Waals surface area contributed by atoms with Crippen LogP contribution in [0.3, 0.4) is 0 Å². The Bertz CT molecular complexity index is 441. The first-order chi connectivity index (χ1) is 8.06. The second-order valence-electron chi connectivity index (χ2n) is 4.21. The van der Waals surface area contributed by atoms with Crippen molar-refractivity contribution in [1.82, 2.24) is 15.2 Å². The number of hydrogen-bond donors (Lipinski definition) is 1. The van der Waals surface area contributed by atoms with Crippen molar-refractivity contribution < 1.29 is 4.79 Å². The van der Waals surface area contributed by atoms with Crippen LogP contribution in [0.5, 0.6) is 0 Å². The fourth-order valence-electron chi connectivity index (χ4n) is 1.90. The number of likely N-dealkylation sites (tertiary alicyclic amines) is 1. The Morgan fingerprint density at radius 1 is 1.71 bits per heavy atom. The molecule has 1 saturated heterocycles. The van der Waals surface area contributed by atoms with Crippen molar-refractivity contribution in [2.75, 3.05) is 20.1 Å². The molecule has 92 valence electrons. The van der Waals surface area contributed by atoms with Gasteiger partial charge in [0.1, 0.15) is 5.15 Å². The molecule has 1 aromatic heterocycles. The summed E-state index contributed by atoms with van der Waals surface area (Å²) in [5.41, 5.74) is 0.413. The number of aromatic nitrogens is 1. The van der Waals surface area contributed by atoms with Crippen LogP contribution in [0.4, 0.5) is 0 Å². The van der Waals surface area contributed by atoms with E-state index in [2.05, 4.69) is 31.1 Å². The number of carbonyl (C=O) groups excluding carboxylic acids is 1. The maximum Gasteiger partial charge on any atom is 0.254 e. The van der Waals surface area contributed by atoms with Gasteiger partial charge < -0.3 is 10.2 Å². The Hall–Kier alpha value is -0.650. The zero-order valence-electron chi connectivity index (χ0n) is 9.41. The molecule has 6 heteroatoms. The summed E-state index contributed by atoms with van der Waals surface area (Å²) in [7, 11) is 2.04. The molecule has 1 N–H and O–H groups in total. The summed E-state index contributed by atoms with van der Waals surface area (Å²) < 4.78 is 0.746. The molecule has 1 aromatic rings. The topological polar surface area (TPSA) is 45.2 Å². The highest BCUT2D eigenvalue weighted by Gasteiger charge is 2.22. The van der Waals surface area contributed by atoms with Crippen molar-refractivity contribution in [3.05, 3.63) is 27.5 Å². The summed E-state index contributed by atoms with van der Waals surface area (Å²) in [5.74, 6) is -0.163. The van der Waals surface area contributed by atoms with Gasteiger partial charge in [-0.15, -0.1) is 0 Å². The van der Waals surface area contributed by atoms with E-state index in [1.807, 2.05) is 7.05 Å². The summed E-state index contributed by atoms with van der Waals surface area (Å²) in [5, 5.41) is 3.20. The van der Waals surface area contributed by atoms with Crippen molar-refractivity contribution in [3.8, 4) is 0 Å². The average Bonchev–Trinajstić information content (AvgIpc) is 2.67. The predicted octanol–water partition coefficient (Wildman–Crippen LogP) is 1.93. The lowest BCUT2D eigenvalue weighted by molar-refractivity contribution is 0.0938. The van der Waals surface area contributed by atoms with Gasteiger partial charge >= 0.3 is 0 Å². The van der Waals surface area contributed by atoms with Gasteiger partial charge in [0.2, 0.25) is 0 Å². The number of nitrogens with one attached hydrogen (secondary N) is 1. The molecule has 1 aliphatic heterocycles. The van der Waals surface area contributed by atoms with Gasteiger partial charge in [0.05, 0.1) is 5.56 Å². The van der Waals surface area contributed by atoms with Crippen LogP contribution in [0.1, 0.15) is 16.8 Å². The minimum absolute atomic E-state index is 0.163. The summed E-state index contributed by atoms with van der Waals surface area (Å²) in [6.45, 7) is 1.89. The summed E-state index contributed by atoms with van der Waals surface area (Å²) in [6, 6.07) is 1.88. The van der Waals surface area contributed by atoms with Crippen LogP contribution in [-0.2, 0) is 0 Å². The van der Waals surface area contributed by atoms with E-state index in [9.17, 15) is 4.79 Å². The Morgan fingerprint density at radius 3 is 3.12 bits per heavy atom. The minimum Gasteiger partial charge on any atom is -0.348 e. The summed E-state index contributed by atoms with van der Waals surface area (Å²) in [6.07, 6.45) is 2.55. The highest BCUT2D eigenvalue weighted by molar-refractivity contribution is 9.10. The zero-order valence-corrected chi connectivity index (χ0v) is 11.8. The highest BCUT2D eigenvalue weighted by Crippen LogP contribution is 2.18. The number of nitrogens with zero attached hydrogens (tertiary/aromatic N) is 2. The number of likely N-dealkylation sites (N-methyl/N-ethyl adjacent to an activating group) is 1. The molecule has 1 fully saturated rings. The largest absolute Gasteiger partial charge is 0.348 e. The van der Waals surface area contributed by atoms with Crippen LogP contribution >= 0.6 is 27.5 Å². The molecule has 0 spiro atoms. The van der Waals surface area contributed by atoms with E-state index in [0.717, 1.165) is 24.0 Å². The van der Waals surface area contributed by atoms with Crippen LogP contribution < -0.4 is 5.32 Å². The number of hydrogen-bond acceptors (Lipinski definition) is 3. The molecule has 1 aliphatic rings. The van der Waals surface area contributed by atoms with Crippen LogP contribution in [0, 0.1) is 0 Å². The lowest BCUT2D eigenvalue weighted by Gasteiger charge is -2.13. The third-order valence-corrected chi connectivity index (χ3v) is 3.51. The van der Waals surface area contributed by atoms with E-state index < -0.39 is 0 Å². The molecule has 1 amide bonds. The van der Waals surface area contributed by atoms with Crippen LogP contribution in [-0.4, -0.2) is 42.0 Å². The van der Waals surface area contributed by atoms with E-state index in [-0.39, 0.29) is 17.1 Å². The molecular formula is C11H13BrClN3O. The Kier molecular flexibility index (Phi) is 4.01. The van der Waals surface area contributed by atoms with Crippen molar-refractivity contribution in [3.63, 3.8) is 0 Å². The normalized spacial score (nSPS) is 20.5. The van der Waals surface area contributed by atoms with Crippen LogP contribution in [0.25, 0.3) is 0 Å². The van der Waals surface area contributed by atoms with E-state index in [0.29, 0.717) is 5.56 Å². The van der Waals surface area contributed by atoms with Gasteiger partial charge in [-0.1, -0.05) is 11.6 Å². The fraction of sp³-hybridized carbons (Fsp3) is 0.455. The maximum atomic E-state index is 12.0. The predicted molar refractivity (Wildman–Crippen MR) is 70.3 cm³/mol. The number of halogens is 2. The van der Waals surface area contributed by atoms with Gasteiger partial charge in [0, 0.05) is 23.3 Å². The molecule has 0 saturated carbocycles. The van der Waals surface area contributed by atoms with Gasteiger partial charge in [-0.3, -0.25) is 4.79 Å². The highest BCUT2D eigenvalue weighted by atomic mass is 79.9. The first-order valence-corrected chi connectivity index (χ1v) is 6.54. The van der Waals surface area contributed by atoms with Crippen molar-refractivity contribution in [2.45, 2.75) is 12.5 Å². The molecular weight excluding hydrogens is 305 g/mol. The van der Waals surface area contributed by atoms with Gasteiger partial charge in [0.15, 0.2) is 0 Å². The minimum atomic E-state index is -0.163. The first-order valence-electron chi connectivity index (χ1n) is 5.36. The second kappa shape index (κ2) is 5.33. The van der Waals surface area contributed by atoms with Gasteiger partial charge in [-0.2, -0.15) is 0 Å². The Morgan fingerprint density at radius 2 is 2.47 bits per heavy atom. The van der Waals surface area contributed by atoms with Gasteiger partial charge in [-0.05, 0) is 42.0 Å². The van der Waals surface area contributed by atoms with Gasteiger partial charge in [0.25, 0.3) is 5.91 Å². The molecule has 0 aliphatic carbocycles. The molecule has 0 radical (unpaired) electrons. The van der Waals surface area contributed by atoms with E-state index in [1.165, 1.54) is 0 Å². The maximum absolute atomic E-state index is 12.0. The lowest BCUT2D eigenvalue weighted by atomic mass is 10.2. The van der Waals surface area contributed by atoms with Crippen LogP contribution in [0.15, 0.2) is 16.7 Å². The second-order valence-corrected chi connectivity index (χ2v) is 5.49. The molecule has 2 rings (SSSR count). The molecule has 4 nitrogen and oxygen atoms in total. The van der Waals surface area contributed by atoms with Gasteiger partial charge in [-0.25, -0.2) is 4.98 Å². The quantitative estimate of drug-likeness (QED) is 0.848. The smallest absolute Gasteiger partial charge is 0.254 e. The third kappa shape index (κ3) is 3.18. The zero-order chi connectivity index (χ0) is 12.4. The van der Waals surface area contributed by atoms with Crippen molar-refractivity contribution in [1.29, 1.82) is 0 Å². The summed E-state index contributed by atoms with van der Waals surface area (Å²) in [4.78, 5) is 18.1. The molecule has 1 atom stereocenters. The summed E-state index contributed by atoms with van der Waals surface area (Å²) >= 11 is 9.18. The van der Waals surface area contributed by atoms with Crippen LogP contribution in [0.2, 0.25) is 5.15 Å². The molecule has 2 heterocycles. The molecule has 1 unspecified atom stereocenters. The molecule has 0 bridgehead atoms. The number of amides is 1. The third-order valence-electron chi connectivity index (χ3n) is 2.78. The van der Waals surface area contributed by atoms with E-state index in [4.69, 9.17) is 11.6 Å². The molecule has 17 heavy (non-hydrogen) atoms. The van der Waals surface area contributed by atoms with Crippen molar-refractivity contribution in [2.24, 2.45) is 0 Å². The number of pyridine rings is 1. The molecule has 0 aromatic carbocycles. The average molecular weight is 319 g/mol.